The molecular weight excluding hydrogens is 284 g/mol. The number of amides is 1. The fourth-order valence-electron chi connectivity index (χ4n) is 1.64. The molecule has 5 nitrogen and oxygen atoms in total. The minimum atomic E-state index is -0.227. The van der Waals surface area contributed by atoms with Crippen molar-refractivity contribution in [3.8, 4) is 0 Å². The average molecular weight is 293 g/mol. The van der Waals surface area contributed by atoms with E-state index in [9.17, 15) is 4.79 Å². The van der Waals surface area contributed by atoms with E-state index >= 15 is 0 Å². The van der Waals surface area contributed by atoms with Crippen molar-refractivity contribution in [3.63, 3.8) is 0 Å². The Morgan fingerprint density at radius 1 is 1.42 bits per heavy atom. The molecule has 0 radical (unpaired) electrons. The van der Waals surface area contributed by atoms with Gasteiger partial charge in [-0.3, -0.25) is 4.79 Å². The van der Waals surface area contributed by atoms with Crippen LogP contribution in [-0.4, -0.2) is 20.5 Å². The van der Waals surface area contributed by atoms with E-state index < -0.39 is 0 Å². The maximum absolute atomic E-state index is 12.0. The summed E-state index contributed by atoms with van der Waals surface area (Å²) in [5.41, 5.74) is 0.914. The first-order valence-corrected chi connectivity index (χ1v) is 6.80. The van der Waals surface area contributed by atoms with Crippen LogP contribution in [0.15, 0.2) is 35.8 Å². The monoisotopic (exact) mass is 292 g/mol. The number of thiophene rings is 1. The molecule has 96 valence electrons. The lowest BCUT2D eigenvalue weighted by Crippen LogP contribution is -2.22. The zero-order valence-electron chi connectivity index (χ0n) is 9.71. The van der Waals surface area contributed by atoms with Crippen LogP contribution >= 0.6 is 22.9 Å². The van der Waals surface area contributed by atoms with Crippen LogP contribution in [-0.2, 0) is 6.54 Å². The third-order valence-electron chi connectivity index (χ3n) is 2.52. The molecule has 0 fully saturated rings. The number of fused-ring (bicyclic) bond motifs is 1. The summed E-state index contributed by atoms with van der Waals surface area (Å²) in [7, 11) is 0. The van der Waals surface area contributed by atoms with E-state index in [1.54, 1.807) is 29.7 Å². The summed E-state index contributed by atoms with van der Waals surface area (Å²) in [5.74, 6) is -0.227. The highest BCUT2D eigenvalue weighted by molar-refractivity contribution is 7.09. The van der Waals surface area contributed by atoms with Gasteiger partial charge in [-0.1, -0.05) is 17.7 Å². The second kappa shape index (κ2) is 4.99. The zero-order chi connectivity index (χ0) is 13.2. The van der Waals surface area contributed by atoms with Gasteiger partial charge in [0.05, 0.1) is 12.7 Å². The van der Waals surface area contributed by atoms with Crippen molar-refractivity contribution in [2.45, 2.75) is 6.54 Å². The number of nitrogens with one attached hydrogen (secondary N) is 1. The number of imidazole rings is 1. The minimum absolute atomic E-state index is 0.227. The minimum Gasteiger partial charge on any atom is -0.346 e. The normalized spacial score (nSPS) is 10.8. The molecule has 0 aliphatic rings. The van der Waals surface area contributed by atoms with Gasteiger partial charge in [0.25, 0.3) is 5.91 Å². The van der Waals surface area contributed by atoms with Crippen LogP contribution in [0.3, 0.4) is 0 Å². The number of aromatic nitrogens is 3. The maximum atomic E-state index is 12.0. The van der Waals surface area contributed by atoms with Crippen molar-refractivity contribution in [3.05, 3.63) is 51.6 Å². The molecule has 0 atom stereocenters. The molecule has 0 bridgehead atoms. The van der Waals surface area contributed by atoms with Crippen LogP contribution in [0.25, 0.3) is 5.65 Å². The Hall–Kier alpha value is -1.92. The topological polar surface area (TPSA) is 59.3 Å². The van der Waals surface area contributed by atoms with E-state index in [0.29, 0.717) is 23.0 Å². The summed E-state index contributed by atoms with van der Waals surface area (Å²) in [4.78, 5) is 17.2. The standard InChI is InChI=1S/C12H9ClN4OS/c13-10-3-4-11-15-9(7-17(11)16-10)12(18)14-6-8-2-1-5-19-8/h1-5,7H,6H2,(H,14,18). The van der Waals surface area contributed by atoms with Gasteiger partial charge in [0.1, 0.15) is 10.8 Å². The highest BCUT2D eigenvalue weighted by atomic mass is 35.5. The lowest BCUT2D eigenvalue weighted by Gasteiger charge is -1.99. The molecule has 3 rings (SSSR count). The molecule has 3 aromatic rings. The van der Waals surface area contributed by atoms with E-state index in [2.05, 4.69) is 15.4 Å². The molecule has 0 aliphatic heterocycles. The SMILES string of the molecule is O=C(NCc1cccs1)c1cn2nc(Cl)ccc2n1. The molecule has 0 saturated carbocycles. The number of hydrogen-bond acceptors (Lipinski definition) is 4. The van der Waals surface area contributed by atoms with Gasteiger partial charge >= 0.3 is 0 Å². The van der Waals surface area contributed by atoms with Gasteiger partial charge in [-0.25, -0.2) is 9.50 Å². The maximum Gasteiger partial charge on any atom is 0.271 e. The Morgan fingerprint density at radius 3 is 3.11 bits per heavy atom. The lowest BCUT2D eigenvalue weighted by atomic mass is 10.4. The van der Waals surface area contributed by atoms with E-state index in [0.717, 1.165) is 4.88 Å². The van der Waals surface area contributed by atoms with Crippen molar-refractivity contribution < 1.29 is 4.79 Å². The molecule has 7 heteroatoms. The highest BCUT2D eigenvalue weighted by Gasteiger charge is 2.11. The molecule has 0 saturated heterocycles. The van der Waals surface area contributed by atoms with Crippen molar-refractivity contribution in [1.82, 2.24) is 19.9 Å². The average Bonchev–Trinajstić information content (AvgIpc) is 3.04. The molecule has 19 heavy (non-hydrogen) atoms. The van der Waals surface area contributed by atoms with Gasteiger partial charge in [0.15, 0.2) is 5.65 Å². The lowest BCUT2D eigenvalue weighted by molar-refractivity contribution is 0.0947. The molecule has 1 N–H and O–H groups in total. The second-order valence-electron chi connectivity index (χ2n) is 3.85. The Balaban J connectivity index is 1.77. The summed E-state index contributed by atoms with van der Waals surface area (Å²) in [6.07, 6.45) is 1.56. The molecule has 3 heterocycles. The van der Waals surface area contributed by atoms with Crippen molar-refractivity contribution in [2.24, 2.45) is 0 Å². The van der Waals surface area contributed by atoms with E-state index in [-0.39, 0.29) is 5.91 Å². The number of rotatable bonds is 3. The largest absolute Gasteiger partial charge is 0.346 e. The van der Waals surface area contributed by atoms with Crippen LogP contribution in [0.2, 0.25) is 5.15 Å². The van der Waals surface area contributed by atoms with E-state index in [1.807, 2.05) is 17.5 Å². The predicted molar refractivity (Wildman–Crippen MR) is 73.5 cm³/mol. The first-order chi connectivity index (χ1) is 9.22. The van der Waals surface area contributed by atoms with E-state index in [1.165, 1.54) is 4.52 Å². The third kappa shape index (κ3) is 2.59. The fourth-order valence-corrected chi connectivity index (χ4v) is 2.43. The first kappa shape index (κ1) is 12.1. The first-order valence-electron chi connectivity index (χ1n) is 5.55. The number of nitrogens with zero attached hydrogens (tertiary/aromatic N) is 3. The summed E-state index contributed by atoms with van der Waals surface area (Å²) < 4.78 is 1.49. The molecule has 0 aliphatic carbocycles. The van der Waals surface area contributed by atoms with Gasteiger partial charge in [-0.15, -0.1) is 11.3 Å². The summed E-state index contributed by atoms with van der Waals surface area (Å²) in [6.45, 7) is 0.499. The summed E-state index contributed by atoms with van der Waals surface area (Å²) in [6, 6.07) is 7.27. The smallest absolute Gasteiger partial charge is 0.271 e. The molecule has 0 spiro atoms. The van der Waals surface area contributed by atoms with Crippen molar-refractivity contribution >= 4 is 34.5 Å². The quantitative estimate of drug-likeness (QED) is 0.806. The van der Waals surface area contributed by atoms with Crippen LogP contribution < -0.4 is 5.32 Å². The molecule has 0 aromatic carbocycles. The van der Waals surface area contributed by atoms with Crippen molar-refractivity contribution in [2.75, 3.05) is 0 Å². The van der Waals surface area contributed by atoms with Gasteiger partial charge < -0.3 is 5.32 Å². The number of hydrogen-bond donors (Lipinski definition) is 1. The zero-order valence-corrected chi connectivity index (χ0v) is 11.3. The fraction of sp³-hybridized carbons (Fsp3) is 0.0833. The van der Waals surface area contributed by atoms with Crippen LogP contribution in [0.4, 0.5) is 0 Å². The predicted octanol–water partition coefficient (Wildman–Crippen LogP) is 2.37. The Labute approximate surface area is 117 Å². The number of carbonyl (C=O) groups is 1. The van der Waals surface area contributed by atoms with E-state index in [4.69, 9.17) is 11.6 Å². The van der Waals surface area contributed by atoms with Crippen LogP contribution in [0.5, 0.6) is 0 Å². The number of carbonyl (C=O) groups excluding carboxylic acids is 1. The van der Waals surface area contributed by atoms with Gasteiger partial charge in [-0.05, 0) is 23.6 Å². The third-order valence-corrected chi connectivity index (χ3v) is 3.60. The van der Waals surface area contributed by atoms with Gasteiger partial charge in [0.2, 0.25) is 0 Å². The van der Waals surface area contributed by atoms with Crippen molar-refractivity contribution in [1.29, 1.82) is 0 Å². The summed E-state index contributed by atoms with van der Waals surface area (Å²) in [5, 5.41) is 9.17. The Bertz CT molecular complexity index is 722. The molecule has 3 aromatic heterocycles. The Kier molecular flexibility index (Phi) is 3.18. The number of halogens is 1. The highest BCUT2D eigenvalue weighted by Crippen LogP contribution is 2.10. The molecule has 0 unspecified atom stereocenters. The van der Waals surface area contributed by atoms with Gasteiger partial charge in [0, 0.05) is 4.88 Å². The second-order valence-corrected chi connectivity index (χ2v) is 5.27. The molecule has 1 amide bonds. The van der Waals surface area contributed by atoms with Gasteiger partial charge in [-0.2, -0.15) is 5.10 Å². The summed E-state index contributed by atoms with van der Waals surface area (Å²) >= 11 is 7.37. The van der Waals surface area contributed by atoms with Crippen LogP contribution in [0.1, 0.15) is 15.4 Å². The van der Waals surface area contributed by atoms with Crippen LogP contribution in [0, 0.1) is 0 Å². The molecular formula is C12H9ClN4OS. The Morgan fingerprint density at radius 2 is 2.32 bits per heavy atom.